The summed E-state index contributed by atoms with van der Waals surface area (Å²) in [6.07, 6.45) is 8.54. The normalized spacial score (nSPS) is 13.1. The van der Waals surface area contributed by atoms with Crippen molar-refractivity contribution in [1.29, 1.82) is 0 Å². The summed E-state index contributed by atoms with van der Waals surface area (Å²) >= 11 is 0. The minimum atomic E-state index is -0.938. The van der Waals surface area contributed by atoms with Crippen LogP contribution in [0.1, 0.15) is 51.4 Å². The predicted octanol–water partition coefficient (Wildman–Crippen LogP) is 1.82. The van der Waals surface area contributed by atoms with E-state index in [2.05, 4.69) is 57.3 Å². The molecule has 0 aliphatic heterocycles. The molecule has 0 aliphatic carbocycles. The molecule has 0 radical (unpaired) electrons. The van der Waals surface area contributed by atoms with Crippen LogP contribution in [-0.2, 0) is 19.3 Å². The molecule has 0 saturated heterocycles. The molecule has 1 unspecified atom stereocenters. The molecule has 0 fully saturated rings. The minimum Gasteiger partial charge on any atom is -0.479 e. The van der Waals surface area contributed by atoms with Gasteiger partial charge in [0, 0.05) is 38.2 Å². The molecule has 0 saturated carbocycles. The Morgan fingerprint density at radius 1 is 0.702 bits per heavy atom. The highest BCUT2D eigenvalue weighted by atomic mass is 33.1. The molecule has 0 bridgehead atoms. The number of carbonyl (C=O) groups excluding carboxylic acids is 1. The molecule has 0 aromatic rings. The Bertz CT molecular complexity index is 750. The summed E-state index contributed by atoms with van der Waals surface area (Å²) in [7, 11) is 15.6. The number of aliphatic carboxylic acids is 1. The second-order valence-corrected chi connectivity index (χ2v) is 15.1. The van der Waals surface area contributed by atoms with E-state index in [1.165, 1.54) is 25.8 Å². The second-order valence-electron chi connectivity index (χ2n) is 12.5. The van der Waals surface area contributed by atoms with Crippen molar-refractivity contribution in [2.45, 2.75) is 51.4 Å². The van der Waals surface area contributed by atoms with Crippen LogP contribution in [0, 0.1) is 0 Å². The number of nitrogens with zero attached hydrogens (tertiary/aromatic N) is 4. The fourth-order valence-corrected chi connectivity index (χ4v) is 6.61. The standard InChI is InChI=1S/C32H70N8O5S2/c1-33-15-11-22-37(3)19-7-8-20-38(4)24-13-18-36-44-27-28-46-47-30-31(41)35-17-12-23-39(5)21-9-10-25-40(6,26-14-16-34-2)45-29-32(42)43/h33-34,36H,7-30H2,1-6H3,(H-,35,41,42,43)/p+1. The van der Waals surface area contributed by atoms with E-state index in [0.29, 0.717) is 23.6 Å². The Labute approximate surface area is 294 Å². The van der Waals surface area contributed by atoms with E-state index < -0.39 is 5.97 Å². The molecule has 0 rings (SSSR count). The Hall–Kier alpha value is -0.720. The predicted molar refractivity (Wildman–Crippen MR) is 199 cm³/mol. The lowest BCUT2D eigenvalue weighted by Crippen LogP contribution is -2.47. The van der Waals surface area contributed by atoms with Gasteiger partial charge in [-0.1, -0.05) is 21.6 Å². The molecule has 15 heteroatoms. The first kappa shape index (κ1) is 46.3. The van der Waals surface area contributed by atoms with Gasteiger partial charge in [-0.25, -0.2) is 10.3 Å². The zero-order valence-corrected chi connectivity index (χ0v) is 32.3. The number of carboxylic acid groups (broad SMARTS) is 1. The summed E-state index contributed by atoms with van der Waals surface area (Å²) in [6, 6.07) is 0. The summed E-state index contributed by atoms with van der Waals surface area (Å²) in [5.41, 5.74) is 3.06. The maximum absolute atomic E-state index is 12.1. The van der Waals surface area contributed by atoms with Gasteiger partial charge in [0.15, 0.2) is 0 Å². The van der Waals surface area contributed by atoms with Gasteiger partial charge in [-0.15, -0.1) is 0 Å². The summed E-state index contributed by atoms with van der Waals surface area (Å²) in [6.45, 7) is 11.8. The first-order chi connectivity index (χ1) is 22.6. The molecular formula is C32H71N8O5S2+. The average Bonchev–Trinajstić information content (AvgIpc) is 3.03. The summed E-state index contributed by atoms with van der Waals surface area (Å²) in [4.78, 5) is 41.4. The Kier molecular flexibility index (Phi) is 32.0. The van der Waals surface area contributed by atoms with E-state index >= 15 is 0 Å². The fourth-order valence-electron chi connectivity index (χ4n) is 4.92. The van der Waals surface area contributed by atoms with Crippen LogP contribution in [0.5, 0.6) is 0 Å². The van der Waals surface area contributed by atoms with Gasteiger partial charge in [-0.05, 0) is 120 Å². The van der Waals surface area contributed by atoms with E-state index in [1.54, 1.807) is 21.6 Å². The van der Waals surface area contributed by atoms with E-state index in [0.717, 1.165) is 103 Å². The van der Waals surface area contributed by atoms with E-state index in [9.17, 15) is 9.59 Å². The fraction of sp³-hybridized carbons (Fsp3) is 0.938. The number of amides is 1. The summed E-state index contributed by atoms with van der Waals surface area (Å²) in [5, 5.41) is 18.3. The maximum atomic E-state index is 12.1. The van der Waals surface area contributed by atoms with Gasteiger partial charge in [-0.3, -0.25) is 4.79 Å². The summed E-state index contributed by atoms with van der Waals surface area (Å²) < 4.78 is 0.319. The van der Waals surface area contributed by atoms with E-state index in [-0.39, 0.29) is 12.5 Å². The van der Waals surface area contributed by atoms with Gasteiger partial charge in [0.05, 0.1) is 19.4 Å². The third-order valence-corrected chi connectivity index (χ3v) is 10.0. The molecule has 1 amide bonds. The quantitative estimate of drug-likeness (QED) is 0.0281. The molecule has 0 aliphatic rings. The molecule has 0 aromatic carbocycles. The molecule has 280 valence electrons. The van der Waals surface area contributed by atoms with Crippen molar-refractivity contribution in [3.8, 4) is 0 Å². The lowest BCUT2D eigenvalue weighted by atomic mass is 10.2. The molecular weight excluding hydrogens is 641 g/mol. The van der Waals surface area contributed by atoms with Crippen molar-refractivity contribution in [1.82, 2.24) is 36.1 Å². The molecule has 0 heterocycles. The lowest BCUT2D eigenvalue weighted by Gasteiger charge is -2.31. The number of carboxylic acids is 1. The first-order valence-corrected chi connectivity index (χ1v) is 20.0. The van der Waals surface area contributed by atoms with Crippen LogP contribution in [0.15, 0.2) is 0 Å². The topological polar surface area (TPSA) is 131 Å². The largest absolute Gasteiger partial charge is 0.479 e. The van der Waals surface area contributed by atoms with Crippen LogP contribution in [0.25, 0.3) is 0 Å². The third-order valence-electron chi connectivity index (χ3n) is 7.78. The van der Waals surface area contributed by atoms with Crippen molar-refractivity contribution in [3.05, 3.63) is 0 Å². The van der Waals surface area contributed by atoms with E-state index in [4.69, 9.17) is 14.8 Å². The number of hydrogen-bond donors (Lipinski definition) is 5. The van der Waals surface area contributed by atoms with Gasteiger partial charge >= 0.3 is 5.97 Å². The highest BCUT2D eigenvalue weighted by molar-refractivity contribution is 8.76. The van der Waals surface area contributed by atoms with Crippen LogP contribution < -0.4 is 21.4 Å². The zero-order chi connectivity index (χ0) is 35.0. The van der Waals surface area contributed by atoms with Crippen LogP contribution in [0.4, 0.5) is 0 Å². The monoisotopic (exact) mass is 711 g/mol. The van der Waals surface area contributed by atoms with Gasteiger partial charge in [0.2, 0.25) is 12.5 Å². The van der Waals surface area contributed by atoms with Crippen molar-refractivity contribution in [2.24, 2.45) is 0 Å². The number of nitrogens with one attached hydrogen (secondary N) is 4. The van der Waals surface area contributed by atoms with Crippen LogP contribution in [0.2, 0.25) is 0 Å². The highest BCUT2D eigenvalue weighted by Crippen LogP contribution is 2.20. The first-order valence-electron chi connectivity index (χ1n) is 17.5. The molecule has 0 aromatic heterocycles. The smallest absolute Gasteiger partial charge is 0.336 e. The summed E-state index contributed by atoms with van der Waals surface area (Å²) in [5.74, 6) is 0.411. The number of carbonyl (C=O) groups is 2. The van der Waals surface area contributed by atoms with Crippen molar-refractivity contribution >= 4 is 33.5 Å². The number of unbranched alkanes of at least 4 members (excludes halogenated alkanes) is 2. The zero-order valence-electron chi connectivity index (χ0n) is 30.7. The van der Waals surface area contributed by atoms with Crippen LogP contribution in [-0.4, -0.2) is 182 Å². The number of hydroxylamine groups is 4. The molecule has 5 N–H and O–H groups in total. The molecule has 0 spiro atoms. The molecule has 1 atom stereocenters. The highest BCUT2D eigenvalue weighted by Gasteiger charge is 2.24. The van der Waals surface area contributed by atoms with Crippen molar-refractivity contribution in [3.63, 3.8) is 0 Å². The van der Waals surface area contributed by atoms with Gasteiger partial charge in [-0.2, -0.15) is 9.48 Å². The number of rotatable bonds is 36. The maximum Gasteiger partial charge on any atom is 0.336 e. The van der Waals surface area contributed by atoms with E-state index in [1.807, 2.05) is 21.1 Å². The van der Waals surface area contributed by atoms with Gasteiger partial charge in [0.1, 0.15) is 13.1 Å². The van der Waals surface area contributed by atoms with Crippen LogP contribution >= 0.6 is 21.6 Å². The number of quaternary nitrogens is 1. The molecule has 13 nitrogen and oxygen atoms in total. The number of hydrogen-bond acceptors (Lipinski definition) is 12. The second kappa shape index (κ2) is 32.5. The van der Waals surface area contributed by atoms with Crippen LogP contribution in [0.3, 0.4) is 0 Å². The van der Waals surface area contributed by atoms with Crippen molar-refractivity contribution < 1.29 is 29.0 Å². The van der Waals surface area contributed by atoms with Gasteiger partial charge < -0.3 is 40.6 Å². The Morgan fingerprint density at radius 2 is 1.21 bits per heavy atom. The van der Waals surface area contributed by atoms with Gasteiger partial charge in [0.25, 0.3) is 0 Å². The lowest BCUT2D eigenvalue weighted by molar-refractivity contribution is -1.09. The Balaban J connectivity index is 3.64. The minimum absolute atomic E-state index is 0.0709. The average molecular weight is 712 g/mol. The third kappa shape index (κ3) is 32.3. The molecule has 47 heavy (non-hydrogen) atoms. The van der Waals surface area contributed by atoms with Crippen molar-refractivity contribution in [2.75, 3.05) is 146 Å². The Morgan fingerprint density at radius 3 is 1.81 bits per heavy atom. The SMILES string of the molecule is CNCCCN(C)CCCCN(C)CCCNOCCSSCC(=O)NCCCN(C)CCCC[N+](C)(CCCNC)OCC(=O)O.